The smallest absolute Gasteiger partial charge is 0.116 e. The minimum atomic E-state index is -0.792. The van der Waals surface area contributed by atoms with Gasteiger partial charge >= 0.3 is 0 Å². The molecule has 0 bridgehead atoms. The second-order valence-corrected chi connectivity index (χ2v) is 4.94. The molecule has 1 aliphatic carbocycles. The number of rotatable bonds is 3. The quantitative estimate of drug-likeness (QED) is 0.871. The minimum Gasteiger partial charge on any atom is -0.382 e. The molecular weight excluding hydrogens is 212 g/mol. The van der Waals surface area contributed by atoms with E-state index in [9.17, 15) is 5.11 Å². The molecule has 0 saturated heterocycles. The zero-order valence-corrected chi connectivity index (χ0v) is 10.8. The van der Waals surface area contributed by atoms with E-state index in [2.05, 4.69) is 31.2 Å². The molecule has 2 nitrogen and oxygen atoms in total. The van der Waals surface area contributed by atoms with E-state index >= 15 is 0 Å². The normalized spacial score (nSPS) is 29.2. The Morgan fingerprint density at radius 3 is 2.59 bits per heavy atom. The largest absolute Gasteiger partial charge is 0.382 e. The number of hydrogen-bond donors (Lipinski definition) is 1. The molecule has 2 heteroatoms. The van der Waals surface area contributed by atoms with Crippen molar-refractivity contribution in [2.75, 3.05) is 7.11 Å². The number of ether oxygens (including phenoxy) is 1. The minimum absolute atomic E-state index is 0.0660. The molecule has 2 unspecified atom stereocenters. The van der Waals surface area contributed by atoms with Crippen LogP contribution in [0.1, 0.15) is 43.7 Å². The maximum Gasteiger partial charge on any atom is 0.116 e. The second-order valence-electron chi connectivity index (χ2n) is 4.94. The van der Waals surface area contributed by atoms with E-state index in [0.717, 1.165) is 37.7 Å². The van der Waals surface area contributed by atoms with Crippen molar-refractivity contribution in [1.29, 1.82) is 0 Å². The predicted molar refractivity (Wildman–Crippen MR) is 69.0 cm³/mol. The summed E-state index contributed by atoms with van der Waals surface area (Å²) in [5.41, 5.74) is 1.52. The molecule has 0 spiro atoms. The predicted octanol–water partition coefficient (Wildman–Crippen LogP) is 3.03. The second kappa shape index (κ2) is 5.19. The lowest BCUT2D eigenvalue weighted by atomic mass is 9.77. The van der Waals surface area contributed by atoms with E-state index in [4.69, 9.17) is 4.74 Å². The van der Waals surface area contributed by atoms with E-state index in [1.165, 1.54) is 5.56 Å². The number of methoxy groups -OCH3 is 1. The van der Waals surface area contributed by atoms with Crippen LogP contribution in [0.5, 0.6) is 0 Å². The summed E-state index contributed by atoms with van der Waals surface area (Å²) < 4.78 is 5.47. The van der Waals surface area contributed by atoms with Crippen LogP contribution in [0.25, 0.3) is 0 Å². The van der Waals surface area contributed by atoms with Crippen LogP contribution >= 0.6 is 0 Å². The van der Waals surface area contributed by atoms with Crippen LogP contribution in [-0.4, -0.2) is 18.3 Å². The summed E-state index contributed by atoms with van der Waals surface area (Å²) in [6.45, 7) is 2.14. The van der Waals surface area contributed by atoms with Crippen LogP contribution in [0.3, 0.4) is 0 Å². The summed E-state index contributed by atoms with van der Waals surface area (Å²) in [7, 11) is 1.70. The summed E-state index contributed by atoms with van der Waals surface area (Å²) in [6.07, 6.45) is 4.94. The highest BCUT2D eigenvalue weighted by Gasteiger charge is 2.40. The Morgan fingerprint density at radius 1 is 1.29 bits per heavy atom. The fraction of sp³-hybridized carbons (Fsp3) is 0.600. The lowest BCUT2D eigenvalue weighted by Crippen LogP contribution is -2.43. The van der Waals surface area contributed by atoms with Crippen LogP contribution in [-0.2, 0) is 16.8 Å². The Morgan fingerprint density at radius 2 is 2.00 bits per heavy atom. The summed E-state index contributed by atoms with van der Waals surface area (Å²) in [5.74, 6) is 0. The van der Waals surface area contributed by atoms with Gasteiger partial charge in [0.25, 0.3) is 0 Å². The summed E-state index contributed by atoms with van der Waals surface area (Å²) >= 11 is 0. The van der Waals surface area contributed by atoms with E-state index in [1.807, 2.05) is 0 Å². The Balaban J connectivity index is 2.27. The van der Waals surface area contributed by atoms with Gasteiger partial charge in [-0.25, -0.2) is 0 Å². The van der Waals surface area contributed by atoms with Crippen LogP contribution in [0.2, 0.25) is 0 Å². The molecule has 2 rings (SSSR count). The monoisotopic (exact) mass is 234 g/mol. The van der Waals surface area contributed by atoms with E-state index < -0.39 is 5.60 Å². The van der Waals surface area contributed by atoms with Crippen LogP contribution < -0.4 is 0 Å². The molecule has 17 heavy (non-hydrogen) atoms. The lowest BCUT2D eigenvalue weighted by molar-refractivity contribution is -0.122. The molecule has 1 fully saturated rings. The van der Waals surface area contributed by atoms with Crippen molar-refractivity contribution < 1.29 is 9.84 Å². The highest BCUT2D eigenvalue weighted by Crippen LogP contribution is 2.38. The first kappa shape index (κ1) is 12.6. The number of aliphatic hydroxyl groups is 1. The first-order valence-electron chi connectivity index (χ1n) is 6.55. The Hall–Kier alpha value is -0.860. The Labute approximate surface area is 104 Å². The van der Waals surface area contributed by atoms with E-state index in [1.54, 1.807) is 7.11 Å². The summed E-state index contributed by atoms with van der Waals surface area (Å²) in [5, 5.41) is 10.8. The van der Waals surface area contributed by atoms with Crippen LogP contribution in [0, 0.1) is 0 Å². The molecule has 1 aromatic carbocycles. The molecule has 0 radical (unpaired) electrons. The molecular formula is C15H22O2. The van der Waals surface area contributed by atoms with Gasteiger partial charge in [-0.2, -0.15) is 0 Å². The van der Waals surface area contributed by atoms with Gasteiger partial charge in [-0.15, -0.1) is 0 Å². The van der Waals surface area contributed by atoms with E-state index in [0.29, 0.717) is 0 Å². The molecule has 1 aliphatic rings. The summed E-state index contributed by atoms with van der Waals surface area (Å²) in [6, 6.07) is 8.32. The number of hydrogen-bond acceptors (Lipinski definition) is 2. The first-order valence-corrected chi connectivity index (χ1v) is 6.55. The van der Waals surface area contributed by atoms with Gasteiger partial charge in [0, 0.05) is 7.11 Å². The SMILES string of the molecule is CCc1ccc(C2(O)CCCCC2OC)cc1. The fourth-order valence-electron chi connectivity index (χ4n) is 2.80. The standard InChI is InChI=1S/C15H22O2/c1-3-12-7-9-13(10-8-12)15(16)11-5-4-6-14(15)17-2/h7-10,14,16H,3-6,11H2,1-2H3. The van der Waals surface area contributed by atoms with Crippen molar-refractivity contribution in [3.05, 3.63) is 35.4 Å². The maximum absolute atomic E-state index is 10.8. The topological polar surface area (TPSA) is 29.5 Å². The zero-order chi connectivity index (χ0) is 12.3. The number of aryl methyl sites for hydroxylation is 1. The molecule has 0 aliphatic heterocycles. The molecule has 1 saturated carbocycles. The average Bonchev–Trinajstić information content (AvgIpc) is 2.39. The van der Waals surface area contributed by atoms with Gasteiger partial charge in [0.15, 0.2) is 0 Å². The molecule has 0 amide bonds. The van der Waals surface area contributed by atoms with Gasteiger partial charge in [0.1, 0.15) is 5.60 Å². The van der Waals surface area contributed by atoms with Gasteiger partial charge in [0.05, 0.1) is 6.10 Å². The van der Waals surface area contributed by atoms with Gasteiger partial charge < -0.3 is 9.84 Å². The molecule has 0 aromatic heterocycles. The molecule has 94 valence electrons. The van der Waals surface area contributed by atoms with Crippen molar-refractivity contribution in [1.82, 2.24) is 0 Å². The Bertz CT molecular complexity index is 358. The highest BCUT2D eigenvalue weighted by atomic mass is 16.5. The molecule has 1 aromatic rings. The molecule has 2 atom stereocenters. The van der Waals surface area contributed by atoms with Gasteiger partial charge in [-0.05, 0) is 30.4 Å². The fourth-order valence-corrected chi connectivity index (χ4v) is 2.80. The van der Waals surface area contributed by atoms with Crippen molar-refractivity contribution in [2.45, 2.75) is 50.7 Å². The van der Waals surface area contributed by atoms with Gasteiger partial charge in [-0.1, -0.05) is 44.0 Å². The summed E-state index contributed by atoms with van der Waals surface area (Å²) in [4.78, 5) is 0. The molecule has 0 heterocycles. The number of benzene rings is 1. The lowest BCUT2D eigenvalue weighted by Gasteiger charge is -2.39. The van der Waals surface area contributed by atoms with Crippen molar-refractivity contribution in [3.8, 4) is 0 Å². The van der Waals surface area contributed by atoms with E-state index in [-0.39, 0.29) is 6.10 Å². The third kappa shape index (κ3) is 2.38. The third-order valence-electron chi connectivity index (χ3n) is 3.95. The van der Waals surface area contributed by atoms with Crippen LogP contribution in [0.15, 0.2) is 24.3 Å². The third-order valence-corrected chi connectivity index (χ3v) is 3.95. The van der Waals surface area contributed by atoms with Gasteiger partial charge in [0.2, 0.25) is 0 Å². The van der Waals surface area contributed by atoms with Crippen molar-refractivity contribution in [3.63, 3.8) is 0 Å². The zero-order valence-electron chi connectivity index (χ0n) is 10.8. The van der Waals surface area contributed by atoms with Gasteiger partial charge in [-0.3, -0.25) is 0 Å². The first-order chi connectivity index (χ1) is 8.20. The average molecular weight is 234 g/mol. The maximum atomic E-state index is 10.8. The Kier molecular flexibility index (Phi) is 3.85. The highest BCUT2D eigenvalue weighted by molar-refractivity contribution is 5.28. The van der Waals surface area contributed by atoms with Crippen molar-refractivity contribution >= 4 is 0 Å². The van der Waals surface area contributed by atoms with Crippen LogP contribution in [0.4, 0.5) is 0 Å². The molecule has 1 N–H and O–H groups in total. The van der Waals surface area contributed by atoms with Crippen molar-refractivity contribution in [2.24, 2.45) is 0 Å².